The van der Waals surface area contributed by atoms with Gasteiger partial charge in [0.05, 0.1) is 7.11 Å². The van der Waals surface area contributed by atoms with Crippen LogP contribution in [0.25, 0.3) is 6.08 Å². The Hall–Kier alpha value is -1.82. The summed E-state index contributed by atoms with van der Waals surface area (Å²) < 4.78 is 6.19. The average molecular weight is 379 g/mol. The minimum atomic E-state index is -0.317. The molecule has 1 aromatic rings. The normalized spacial score (nSPS) is 21.0. The van der Waals surface area contributed by atoms with Crippen molar-refractivity contribution in [2.24, 2.45) is 0 Å². The van der Waals surface area contributed by atoms with E-state index in [2.05, 4.69) is 21.2 Å². The zero-order valence-corrected chi connectivity index (χ0v) is 14.6. The van der Waals surface area contributed by atoms with Crippen molar-refractivity contribution in [3.05, 3.63) is 33.9 Å². The summed E-state index contributed by atoms with van der Waals surface area (Å²) in [6, 6.07) is 5.24. The minimum absolute atomic E-state index is 0.0200. The van der Waals surface area contributed by atoms with Crippen molar-refractivity contribution in [3.63, 3.8) is 0 Å². The summed E-state index contributed by atoms with van der Waals surface area (Å²) in [5.74, 6) is 0.405. The van der Waals surface area contributed by atoms with Gasteiger partial charge in [-0.1, -0.05) is 35.2 Å². The van der Waals surface area contributed by atoms with Crippen LogP contribution in [-0.4, -0.2) is 30.0 Å². The van der Waals surface area contributed by atoms with Crippen LogP contribution in [0, 0.1) is 0 Å². The molecule has 0 aromatic heterocycles. The molecule has 3 amide bonds. The minimum Gasteiger partial charge on any atom is -0.496 e. The first-order valence-electron chi connectivity index (χ1n) is 7.80. The van der Waals surface area contributed by atoms with E-state index in [4.69, 9.17) is 4.74 Å². The summed E-state index contributed by atoms with van der Waals surface area (Å²) in [6.45, 7) is 0. The van der Waals surface area contributed by atoms with Crippen molar-refractivity contribution in [2.75, 3.05) is 7.11 Å². The number of amides is 3. The van der Waals surface area contributed by atoms with Gasteiger partial charge in [0.15, 0.2) is 0 Å². The van der Waals surface area contributed by atoms with E-state index in [1.165, 1.54) is 11.3 Å². The molecule has 0 bridgehead atoms. The standard InChI is InChI=1S/C17H19BrN2O3/c1-23-15-8-7-12(18)9-11(15)10-14-16(21)20(17(22)19-14)13-5-3-2-4-6-13/h7-10,13H,2-6H2,1H3,(H,19,22)/b14-10-. The molecule has 1 N–H and O–H groups in total. The highest BCUT2D eigenvalue weighted by molar-refractivity contribution is 9.10. The van der Waals surface area contributed by atoms with Gasteiger partial charge in [-0.15, -0.1) is 0 Å². The highest BCUT2D eigenvalue weighted by Crippen LogP contribution is 2.29. The van der Waals surface area contributed by atoms with Gasteiger partial charge in [-0.2, -0.15) is 0 Å². The number of carbonyl (C=O) groups is 2. The Bertz CT molecular complexity index is 666. The summed E-state index contributed by atoms with van der Waals surface area (Å²) in [4.78, 5) is 26.2. The number of halogens is 1. The molecular formula is C17H19BrN2O3. The lowest BCUT2D eigenvalue weighted by atomic mass is 9.94. The summed E-state index contributed by atoms with van der Waals surface area (Å²) in [7, 11) is 1.58. The van der Waals surface area contributed by atoms with Gasteiger partial charge in [-0.05, 0) is 37.1 Å². The molecule has 3 rings (SSSR count). The Labute approximate surface area is 143 Å². The molecule has 2 aliphatic rings. The fraction of sp³-hybridized carbons (Fsp3) is 0.412. The van der Waals surface area contributed by atoms with E-state index in [9.17, 15) is 9.59 Å². The van der Waals surface area contributed by atoms with Crippen LogP contribution in [0.1, 0.15) is 37.7 Å². The molecule has 1 aliphatic carbocycles. The van der Waals surface area contributed by atoms with E-state index in [0.717, 1.165) is 35.7 Å². The predicted octanol–water partition coefficient (Wildman–Crippen LogP) is 3.68. The van der Waals surface area contributed by atoms with Gasteiger partial charge in [0.2, 0.25) is 0 Å². The molecule has 0 spiro atoms. The zero-order chi connectivity index (χ0) is 16.4. The number of methoxy groups -OCH3 is 1. The van der Waals surface area contributed by atoms with Crippen LogP contribution in [0.4, 0.5) is 4.79 Å². The Morgan fingerprint density at radius 3 is 2.70 bits per heavy atom. The monoisotopic (exact) mass is 378 g/mol. The third kappa shape index (κ3) is 3.27. The zero-order valence-electron chi connectivity index (χ0n) is 13.0. The maximum atomic E-state index is 12.6. The van der Waals surface area contributed by atoms with Crippen LogP contribution < -0.4 is 10.1 Å². The van der Waals surface area contributed by atoms with Crippen molar-refractivity contribution in [1.29, 1.82) is 0 Å². The summed E-state index contributed by atoms with van der Waals surface area (Å²) in [5.41, 5.74) is 1.05. The van der Waals surface area contributed by atoms with Crippen LogP contribution in [0.5, 0.6) is 5.75 Å². The van der Waals surface area contributed by atoms with Crippen LogP contribution in [0.15, 0.2) is 28.4 Å². The number of benzene rings is 1. The second-order valence-corrected chi connectivity index (χ2v) is 6.76. The van der Waals surface area contributed by atoms with Gasteiger partial charge in [0, 0.05) is 16.1 Å². The molecule has 2 fully saturated rings. The van der Waals surface area contributed by atoms with Gasteiger partial charge in [-0.25, -0.2) is 4.79 Å². The SMILES string of the molecule is COc1ccc(Br)cc1/C=C1\NC(=O)N(C2CCCCC2)C1=O. The molecule has 0 atom stereocenters. The molecule has 5 nitrogen and oxygen atoms in total. The van der Waals surface area contributed by atoms with Crippen LogP contribution in [0.2, 0.25) is 0 Å². The third-order valence-electron chi connectivity index (χ3n) is 4.34. The Morgan fingerprint density at radius 1 is 1.26 bits per heavy atom. The molecule has 0 unspecified atom stereocenters. The number of nitrogens with zero attached hydrogens (tertiary/aromatic N) is 1. The molecule has 1 saturated carbocycles. The number of ether oxygens (including phenoxy) is 1. The lowest BCUT2D eigenvalue weighted by Crippen LogP contribution is -2.41. The molecular weight excluding hydrogens is 360 g/mol. The van der Waals surface area contributed by atoms with Crippen molar-refractivity contribution in [3.8, 4) is 5.75 Å². The first kappa shape index (κ1) is 16.1. The Kier molecular flexibility index (Phi) is 4.71. The molecule has 1 heterocycles. The first-order valence-corrected chi connectivity index (χ1v) is 8.59. The van der Waals surface area contributed by atoms with E-state index < -0.39 is 0 Å². The van der Waals surface area contributed by atoms with Crippen molar-refractivity contribution in [1.82, 2.24) is 10.2 Å². The predicted molar refractivity (Wildman–Crippen MR) is 90.9 cm³/mol. The van der Waals surface area contributed by atoms with Crippen LogP contribution >= 0.6 is 15.9 Å². The lowest BCUT2D eigenvalue weighted by Gasteiger charge is -2.28. The number of hydrogen-bond donors (Lipinski definition) is 1. The molecule has 1 aliphatic heterocycles. The first-order chi connectivity index (χ1) is 11.1. The van der Waals surface area contributed by atoms with Crippen molar-refractivity contribution < 1.29 is 14.3 Å². The quantitative estimate of drug-likeness (QED) is 0.644. The lowest BCUT2D eigenvalue weighted by molar-refractivity contribution is -0.124. The second kappa shape index (κ2) is 6.74. The van der Waals surface area contributed by atoms with E-state index in [-0.39, 0.29) is 18.0 Å². The topological polar surface area (TPSA) is 58.6 Å². The molecule has 0 radical (unpaired) electrons. The Morgan fingerprint density at radius 2 is 2.00 bits per heavy atom. The average Bonchev–Trinajstić information content (AvgIpc) is 2.82. The number of carbonyl (C=O) groups excluding carboxylic acids is 2. The largest absolute Gasteiger partial charge is 0.496 e. The van der Waals surface area contributed by atoms with Gasteiger partial charge < -0.3 is 10.1 Å². The molecule has 122 valence electrons. The van der Waals surface area contributed by atoms with Crippen molar-refractivity contribution in [2.45, 2.75) is 38.1 Å². The highest BCUT2D eigenvalue weighted by atomic mass is 79.9. The second-order valence-electron chi connectivity index (χ2n) is 5.84. The number of nitrogens with one attached hydrogen (secondary N) is 1. The maximum absolute atomic E-state index is 12.6. The fourth-order valence-corrected chi connectivity index (χ4v) is 3.57. The number of rotatable bonds is 3. The van der Waals surface area contributed by atoms with E-state index in [1.807, 2.05) is 18.2 Å². The van der Waals surface area contributed by atoms with Gasteiger partial charge in [-0.3, -0.25) is 9.69 Å². The number of urea groups is 1. The Balaban J connectivity index is 1.88. The van der Waals surface area contributed by atoms with Crippen LogP contribution in [-0.2, 0) is 4.79 Å². The summed E-state index contributed by atoms with van der Waals surface area (Å²) >= 11 is 3.41. The van der Waals surface area contributed by atoms with E-state index in [1.54, 1.807) is 13.2 Å². The number of hydrogen-bond acceptors (Lipinski definition) is 3. The van der Waals surface area contributed by atoms with Gasteiger partial charge >= 0.3 is 6.03 Å². The van der Waals surface area contributed by atoms with E-state index in [0.29, 0.717) is 11.4 Å². The fourth-order valence-electron chi connectivity index (χ4n) is 3.19. The smallest absolute Gasteiger partial charge is 0.329 e. The highest BCUT2D eigenvalue weighted by Gasteiger charge is 2.39. The molecule has 1 aromatic carbocycles. The summed E-state index contributed by atoms with van der Waals surface area (Å²) in [5, 5.41) is 2.70. The van der Waals surface area contributed by atoms with Gasteiger partial charge in [0.25, 0.3) is 5.91 Å². The third-order valence-corrected chi connectivity index (χ3v) is 4.83. The van der Waals surface area contributed by atoms with E-state index >= 15 is 0 Å². The number of imide groups is 1. The molecule has 6 heteroatoms. The molecule has 23 heavy (non-hydrogen) atoms. The molecule has 1 saturated heterocycles. The van der Waals surface area contributed by atoms with Gasteiger partial charge in [0.1, 0.15) is 11.4 Å². The maximum Gasteiger partial charge on any atom is 0.329 e. The summed E-state index contributed by atoms with van der Waals surface area (Å²) in [6.07, 6.45) is 6.78. The van der Waals surface area contributed by atoms with Crippen molar-refractivity contribution >= 4 is 33.9 Å². The van der Waals surface area contributed by atoms with Crippen LogP contribution in [0.3, 0.4) is 0 Å².